The number of hydrogen-bond donors (Lipinski definition) is 3. The van der Waals surface area contributed by atoms with Crippen LogP contribution in [0.5, 0.6) is 0 Å². The van der Waals surface area contributed by atoms with E-state index < -0.39 is 11.9 Å². The van der Waals surface area contributed by atoms with E-state index in [4.69, 9.17) is 52.1 Å². The van der Waals surface area contributed by atoms with E-state index in [1.54, 1.807) is 18.2 Å². The molecule has 2 aromatic rings. The van der Waals surface area contributed by atoms with Crippen LogP contribution in [0, 0.1) is 0 Å². The fourth-order valence-corrected chi connectivity index (χ4v) is 2.77. The van der Waals surface area contributed by atoms with Gasteiger partial charge in [-0.1, -0.05) is 40.9 Å². The van der Waals surface area contributed by atoms with Crippen molar-refractivity contribution in [1.82, 2.24) is 5.32 Å². The Bertz CT molecular complexity index is 916. The number of carboxylic acid groups (broad SMARTS) is 1. The van der Waals surface area contributed by atoms with Gasteiger partial charge < -0.3 is 10.4 Å². The maximum absolute atomic E-state index is 11.9. The van der Waals surface area contributed by atoms with Gasteiger partial charge in [0.2, 0.25) is 5.91 Å². The molecular formula is C17H11Cl3N2O3S. The first-order valence-corrected chi connectivity index (χ1v) is 8.58. The highest BCUT2D eigenvalue weighted by atomic mass is 35.5. The van der Waals surface area contributed by atoms with Gasteiger partial charge in [0, 0.05) is 21.8 Å². The second-order valence-electron chi connectivity index (χ2n) is 4.94. The Balaban J connectivity index is 1.99. The zero-order valence-corrected chi connectivity index (χ0v) is 16.0. The van der Waals surface area contributed by atoms with E-state index in [0.717, 1.165) is 0 Å². The molecule has 9 heteroatoms. The minimum Gasteiger partial charge on any atom is -0.478 e. The number of hydrogen-bond acceptors (Lipinski definition) is 3. The number of carboxylic acids is 1. The van der Waals surface area contributed by atoms with Gasteiger partial charge in [0.05, 0.1) is 10.6 Å². The molecular weight excluding hydrogens is 419 g/mol. The molecule has 0 saturated heterocycles. The summed E-state index contributed by atoms with van der Waals surface area (Å²) in [6, 6.07) is 9.15. The molecule has 0 atom stereocenters. The second-order valence-corrected chi connectivity index (χ2v) is 6.60. The van der Waals surface area contributed by atoms with Crippen molar-refractivity contribution in [1.29, 1.82) is 0 Å². The summed E-state index contributed by atoms with van der Waals surface area (Å²) in [5.74, 6) is -1.66. The number of aromatic carboxylic acids is 1. The van der Waals surface area contributed by atoms with E-state index in [1.165, 1.54) is 30.4 Å². The quantitative estimate of drug-likeness (QED) is 0.477. The van der Waals surface area contributed by atoms with Crippen molar-refractivity contribution in [3.8, 4) is 0 Å². The summed E-state index contributed by atoms with van der Waals surface area (Å²) < 4.78 is 0. The molecule has 0 heterocycles. The Hall–Kier alpha value is -2.12. The summed E-state index contributed by atoms with van der Waals surface area (Å²) in [5.41, 5.74) is 0.916. The van der Waals surface area contributed by atoms with Crippen LogP contribution in [0.1, 0.15) is 15.9 Å². The largest absolute Gasteiger partial charge is 0.478 e. The number of halogens is 3. The van der Waals surface area contributed by atoms with Gasteiger partial charge in [-0.25, -0.2) is 4.79 Å². The van der Waals surface area contributed by atoms with Gasteiger partial charge >= 0.3 is 5.97 Å². The van der Waals surface area contributed by atoms with Gasteiger partial charge in [0.1, 0.15) is 0 Å². The summed E-state index contributed by atoms with van der Waals surface area (Å²) >= 11 is 22.6. The van der Waals surface area contributed by atoms with Crippen LogP contribution in [0.15, 0.2) is 42.5 Å². The fourth-order valence-electron chi connectivity index (χ4n) is 1.88. The number of carbonyl (C=O) groups excluding carboxylic acids is 1. The monoisotopic (exact) mass is 428 g/mol. The molecule has 0 spiro atoms. The highest BCUT2D eigenvalue weighted by Gasteiger charge is 2.10. The predicted molar refractivity (Wildman–Crippen MR) is 108 cm³/mol. The van der Waals surface area contributed by atoms with E-state index >= 15 is 0 Å². The van der Waals surface area contributed by atoms with Crippen molar-refractivity contribution in [3.63, 3.8) is 0 Å². The summed E-state index contributed by atoms with van der Waals surface area (Å²) in [4.78, 5) is 23.0. The van der Waals surface area contributed by atoms with Crippen LogP contribution in [-0.2, 0) is 4.79 Å². The highest BCUT2D eigenvalue weighted by molar-refractivity contribution is 7.80. The standard InChI is InChI=1S/C17H11Cl3N2O3S/c18-10-3-1-9(14(20)7-10)2-6-15(23)22-17(26)21-11-4-5-13(19)12(8-11)16(24)25/h1-8H,(H,24,25)(H2,21,22,23,26)/b6-2+. The highest BCUT2D eigenvalue weighted by Crippen LogP contribution is 2.22. The number of rotatable bonds is 4. The molecule has 5 nitrogen and oxygen atoms in total. The smallest absolute Gasteiger partial charge is 0.337 e. The lowest BCUT2D eigenvalue weighted by molar-refractivity contribution is -0.115. The average Bonchev–Trinajstić information content (AvgIpc) is 2.55. The molecule has 134 valence electrons. The van der Waals surface area contributed by atoms with Crippen LogP contribution in [0.3, 0.4) is 0 Å². The van der Waals surface area contributed by atoms with E-state index in [1.807, 2.05) is 0 Å². The van der Waals surface area contributed by atoms with Gasteiger partial charge in [0.25, 0.3) is 0 Å². The third-order valence-corrected chi connectivity index (χ3v) is 4.16. The molecule has 0 radical (unpaired) electrons. The van der Waals surface area contributed by atoms with Crippen LogP contribution in [0.2, 0.25) is 15.1 Å². The van der Waals surface area contributed by atoms with Crippen molar-refractivity contribution in [2.75, 3.05) is 5.32 Å². The summed E-state index contributed by atoms with van der Waals surface area (Å²) in [5, 5.41) is 15.2. The Morgan fingerprint density at radius 1 is 1.04 bits per heavy atom. The zero-order valence-electron chi connectivity index (χ0n) is 12.9. The van der Waals surface area contributed by atoms with E-state index in [0.29, 0.717) is 21.3 Å². The molecule has 26 heavy (non-hydrogen) atoms. The lowest BCUT2D eigenvalue weighted by Crippen LogP contribution is -2.32. The SMILES string of the molecule is O=C(/C=C/c1ccc(Cl)cc1Cl)NC(=S)Nc1ccc(Cl)c(C(=O)O)c1. The first kappa shape index (κ1) is 20.2. The van der Waals surface area contributed by atoms with E-state index in [9.17, 15) is 9.59 Å². The molecule has 0 bridgehead atoms. The van der Waals surface area contributed by atoms with Gasteiger partial charge in [-0.2, -0.15) is 0 Å². The summed E-state index contributed by atoms with van der Waals surface area (Å²) in [6.07, 6.45) is 2.77. The van der Waals surface area contributed by atoms with Crippen LogP contribution >= 0.6 is 47.0 Å². The van der Waals surface area contributed by atoms with E-state index in [-0.39, 0.29) is 15.7 Å². The number of benzene rings is 2. The third-order valence-electron chi connectivity index (χ3n) is 3.07. The third kappa shape index (κ3) is 5.71. The first-order valence-electron chi connectivity index (χ1n) is 7.04. The molecule has 0 saturated carbocycles. The zero-order chi connectivity index (χ0) is 19.3. The molecule has 1 amide bonds. The lowest BCUT2D eigenvalue weighted by atomic mass is 10.2. The molecule has 0 aliphatic carbocycles. The first-order chi connectivity index (χ1) is 12.3. The normalized spacial score (nSPS) is 10.6. The van der Waals surface area contributed by atoms with Crippen molar-refractivity contribution in [2.45, 2.75) is 0 Å². The van der Waals surface area contributed by atoms with Gasteiger partial charge in [-0.15, -0.1) is 0 Å². The van der Waals surface area contributed by atoms with Gasteiger partial charge in [0.15, 0.2) is 5.11 Å². The van der Waals surface area contributed by atoms with Crippen molar-refractivity contribution < 1.29 is 14.7 Å². The summed E-state index contributed by atoms with van der Waals surface area (Å²) in [7, 11) is 0. The molecule has 0 fully saturated rings. The minimum atomic E-state index is -1.17. The molecule has 0 aliphatic heterocycles. The number of nitrogens with one attached hydrogen (secondary N) is 2. The minimum absolute atomic E-state index is 0.000476. The summed E-state index contributed by atoms with van der Waals surface area (Å²) in [6.45, 7) is 0. The molecule has 0 aromatic heterocycles. The molecule has 2 rings (SSSR count). The lowest BCUT2D eigenvalue weighted by Gasteiger charge is -2.09. The van der Waals surface area contributed by atoms with E-state index in [2.05, 4.69) is 10.6 Å². The average molecular weight is 430 g/mol. The molecule has 0 aliphatic rings. The molecule has 3 N–H and O–H groups in total. The molecule has 0 unspecified atom stereocenters. The second kappa shape index (κ2) is 9.00. The predicted octanol–water partition coefficient (Wildman–Crippen LogP) is 4.87. The van der Waals surface area contributed by atoms with Crippen LogP contribution in [0.25, 0.3) is 6.08 Å². The molecule has 2 aromatic carbocycles. The van der Waals surface area contributed by atoms with Crippen LogP contribution in [0.4, 0.5) is 5.69 Å². The Morgan fingerprint density at radius 3 is 2.42 bits per heavy atom. The Kier molecular flexibility index (Phi) is 6.99. The van der Waals surface area contributed by atoms with Crippen LogP contribution in [-0.4, -0.2) is 22.1 Å². The number of anilines is 1. The Morgan fingerprint density at radius 2 is 1.77 bits per heavy atom. The Labute approximate surface area is 169 Å². The maximum atomic E-state index is 11.9. The van der Waals surface area contributed by atoms with Crippen molar-refractivity contribution in [2.24, 2.45) is 0 Å². The van der Waals surface area contributed by atoms with Crippen LogP contribution < -0.4 is 10.6 Å². The number of amides is 1. The maximum Gasteiger partial charge on any atom is 0.337 e. The van der Waals surface area contributed by atoms with Crippen molar-refractivity contribution >= 4 is 75.8 Å². The number of thiocarbonyl (C=S) groups is 1. The van der Waals surface area contributed by atoms with Crippen molar-refractivity contribution in [3.05, 3.63) is 68.7 Å². The number of carbonyl (C=O) groups is 2. The fraction of sp³-hybridized carbons (Fsp3) is 0. The topological polar surface area (TPSA) is 78.4 Å². The van der Waals surface area contributed by atoms with Gasteiger partial charge in [-0.3, -0.25) is 10.1 Å². The van der Waals surface area contributed by atoms with Gasteiger partial charge in [-0.05, 0) is 54.2 Å².